The average Bonchev–Trinajstić information content (AvgIpc) is 2.42. The van der Waals surface area contributed by atoms with Gasteiger partial charge in [0.2, 0.25) is 0 Å². The van der Waals surface area contributed by atoms with Gasteiger partial charge in [0, 0.05) is 19.3 Å². The van der Waals surface area contributed by atoms with E-state index in [-0.39, 0.29) is 12.5 Å². The molecule has 2 rings (SSSR count). The summed E-state index contributed by atoms with van der Waals surface area (Å²) in [4.78, 5) is 12.2. The minimum Gasteiger partial charge on any atom is -0.392 e. The highest BCUT2D eigenvalue weighted by Crippen LogP contribution is 2.22. The molecule has 3 nitrogen and oxygen atoms in total. The monoisotopic (exact) mass is 431 g/mol. The number of nitrogens with one attached hydrogen (secondary N) is 1. The summed E-state index contributed by atoms with van der Waals surface area (Å²) in [5.74, 6) is -0.203. The maximum absolute atomic E-state index is 12.2. The molecule has 0 unspecified atom stereocenters. The van der Waals surface area contributed by atoms with Gasteiger partial charge in [0.25, 0.3) is 5.91 Å². The lowest BCUT2D eigenvalue weighted by Crippen LogP contribution is -2.14. The molecule has 0 aliphatic heterocycles. The number of halogens is 2. The molecule has 1 amide bonds. The van der Waals surface area contributed by atoms with Crippen LogP contribution in [0.2, 0.25) is 0 Å². The highest BCUT2D eigenvalue weighted by Gasteiger charge is 2.12. The van der Waals surface area contributed by atoms with Crippen molar-refractivity contribution in [2.24, 2.45) is 0 Å². The topological polar surface area (TPSA) is 49.3 Å². The van der Waals surface area contributed by atoms with E-state index in [9.17, 15) is 9.90 Å². The second-order valence-corrected chi connectivity index (χ2v) is 5.99. The van der Waals surface area contributed by atoms with E-state index in [1.807, 2.05) is 30.3 Å². The van der Waals surface area contributed by atoms with Crippen LogP contribution in [0.3, 0.4) is 0 Å². The standard InChI is InChI=1S/C14H11BrINO2/c15-12-6-5-10(16)7-11(12)14(19)17-13-4-2-1-3-9(13)8-18/h1-7,18H,8H2,(H,17,19). The Morgan fingerprint density at radius 3 is 2.74 bits per heavy atom. The predicted molar refractivity (Wildman–Crippen MR) is 87.2 cm³/mol. The van der Waals surface area contributed by atoms with Crippen LogP contribution in [-0.4, -0.2) is 11.0 Å². The lowest BCUT2D eigenvalue weighted by molar-refractivity contribution is 0.102. The Hall–Kier alpha value is -0.920. The molecular weight excluding hydrogens is 421 g/mol. The molecule has 19 heavy (non-hydrogen) atoms. The zero-order valence-corrected chi connectivity index (χ0v) is 13.6. The van der Waals surface area contributed by atoms with E-state index in [0.717, 1.165) is 8.04 Å². The van der Waals surface area contributed by atoms with E-state index in [0.29, 0.717) is 16.8 Å². The summed E-state index contributed by atoms with van der Waals surface area (Å²) in [6, 6.07) is 12.8. The third kappa shape index (κ3) is 3.55. The average molecular weight is 432 g/mol. The zero-order valence-electron chi connectivity index (χ0n) is 9.86. The fourth-order valence-corrected chi connectivity index (χ4v) is 2.56. The first-order valence-electron chi connectivity index (χ1n) is 5.57. The van der Waals surface area contributed by atoms with Gasteiger partial charge >= 0.3 is 0 Å². The molecule has 0 spiro atoms. The number of hydrogen-bond donors (Lipinski definition) is 2. The fraction of sp³-hybridized carbons (Fsp3) is 0.0714. The molecule has 0 bridgehead atoms. The Morgan fingerprint density at radius 1 is 1.26 bits per heavy atom. The zero-order chi connectivity index (χ0) is 13.8. The van der Waals surface area contributed by atoms with Gasteiger partial charge in [-0.05, 0) is 62.8 Å². The first kappa shape index (κ1) is 14.5. The number of para-hydroxylation sites is 1. The van der Waals surface area contributed by atoms with Gasteiger partial charge in [-0.3, -0.25) is 4.79 Å². The van der Waals surface area contributed by atoms with E-state index < -0.39 is 0 Å². The molecule has 0 aliphatic carbocycles. The van der Waals surface area contributed by atoms with E-state index in [2.05, 4.69) is 43.8 Å². The Balaban J connectivity index is 2.28. The van der Waals surface area contributed by atoms with Gasteiger partial charge in [-0.1, -0.05) is 18.2 Å². The molecule has 2 aromatic rings. The maximum atomic E-state index is 12.2. The number of hydrogen-bond acceptors (Lipinski definition) is 2. The molecule has 0 heterocycles. The normalized spacial score (nSPS) is 10.3. The number of amides is 1. The van der Waals surface area contributed by atoms with Crippen molar-refractivity contribution in [1.29, 1.82) is 0 Å². The number of benzene rings is 2. The van der Waals surface area contributed by atoms with Crippen LogP contribution >= 0.6 is 38.5 Å². The molecule has 0 atom stereocenters. The van der Waals surface area contributed by atoms with Crippen LogP contribution in [0.25, 0.3) is 0 Å². The molecule has 0 saturated heterocycles. The van der Waals surface area contributed by atoms with Crippen molar-refractivity contribution >= 4 is 50.1 Å². The number of aliphatic hydroxyl groups excluding tert-OH is 1. The van der Waals surface area contributed by atoms with Gasteiger partial charge < -0.3 is 10.4 Å². The lowest BCUT2D eigenvalue weighted by Gasteiger charge is -2.10. The third-order valence-corrected chi connectivity index (χ3v) is 3.97. The molecule has 0 aliphatic rings. The summed E-state index contributed by atoms with van der Waals surface area (Å²) in [5.41, 5.74) is 1.89. The Morgan fingerprint density at radius 2 is 2.00 bits per heavy atom. The van der Waals surface area contributed by atoms with Crippen LogP contribution in [0.1, 0.15) is 15.9 Å². The van der Waals surface area contributed by atoms with E-state index >= 15 is 0 Å². The summed E-state index contributed by atoms with van der Waals surface area (Å²) in [6.07, 6.45) is 0. The smallest absolute Gasteiger partial charge is 0.256 e. The summed E-state index contributed by atoms with van der Waals surface area (Å²) < 4.78 is 1.73. The van der Waals surface area contributed by atoms with Gasteiger partial charge in [-0.2, -0.15) is 0 Å². The molecule has 98 valence electrons. The van der Waals surface area contributed by atoms with Crippen LogP contribution in [-0.2, 0) is 6.61 Å². The van der Waals surface area contributed by atoms with Gasteiger partial charge in [-0.25, -0.2) is 0 Å². The molecule has 2 N–H and O–H groups in total. The van der Waals surface area contributed by atoms with Crippen molar-refractivity contribution < 1.29 is 9.90 Å². The number of anilines is 1. The van der Waals surface area contributed by atoms with Crippen LogP contribution in [0, 0.1) is 3.57 Å². The largest absolute Gasteiger partial charge is 0.392 e. The minimum atomic E-state index is -0.203. The predicted octanol–water partition coefficient (Wildman–Crippen LogP) is 3.80. The van der Waals surface area contributed by atoms with Crippen LogP contribution in [0.15, 0.2) is 46.9 Å². The quantitative estimate of drug-likeness (QED) is 0.726. The Kier molecular flexibility index (Phi) is 4.95. The number of rotatable bonds is 3. The molecular formula is C14H11BrINO2. The third-order valence-electron chi connectivity index (χ3n) is 2.61. The van der Waals surface area contributed by atoms with Gasteiger partial charge in [0.1, 0.15) is 0 Å². The SMILES string of the molecule is O=C(Nc1ccccc1CO)c1cc(I)ccc1Br. The molecule has 0 aromatic heterocycles. The summed E-state index contributed by atoms with van der Waals surface area (Å²) in [7, 11) is 0. The highest BCUT2D eigenvalue weighted by atomic mass is 127. The molecule has 2 aromatic carbocycles. The van der Waals surface area contributed by atoms with Gasteiger partial charge in [0.05, 0.1) is 12.2 Å². The first-order valence-corrected chi connectivity index (χ1v) is 7.44. The minimum absolute atomic E-state index is 0.107. The highest BCUT2D eigenvalue weighted by molar-refractivity contribution is 14.1. The van der Waals surface area contributed by atoms with Crippen molar-refractivity contribution in [1.82, 2.24) is 0 Å². The van der Waals surface area contributed by atoms with Gasteiger partial charge in [0.15, 0.2) is 0 Å². The van der Waals surface area contributed by atoms with Crippen molar-refractivity contribution in [3.8, 4) is 0 Å². The maximum Gasteiger partial charge on any atom is 0.256 e. The molecule has 5 heteroatoms. The van der Waals surface area contributed by atoms with Gasteiger partial charge in [-0.15, -0.1) is 0 Å². The number of carbonyl (C=O) groups is 1. The number of aliphatic hydroxyl groups is 1. The van der Waals surface area contributed by atoms with Crippen molar-refractivity contribution in [2.75, 3.05) is 5.32 Å². The second kappa shape index (κ2) is 6.49. The van der Waals surface area contributed by atoms with Crippen molar-refractivity contribution in [3.05, 3.63) is 61.6 Å². The number of carbonyl (C=O) groups excluding carboxylic acids is 1. The molecule has 0 saturated carbocycles. The first-order chi connectivity index (χ1) is 9.11. The second-order valence-electron chi connectivity index (χ2n) is 3.89. The summed E-state index contributed by atoms with van der Waals surface area (Å²) in [5, 5.41) is 12.1. The lowest BCUT2D eigenvalue weighted by atomic mass is 10.1. The molecule has 0 fully saturated rings. The Labute approximate surface area is 133 Å². The van der Waals surface area contributed by atoms with Crippen LogP contribution in [0.5, 0.6) is 0 Å². The van der Waals surface area contributed by atoms with Crippen molar-refractivity contribution in [3.63, 3.8) is 0 Å². The fourth-order valence-electron chi connectivity index (χ4n) is 1.64. The van der Waals surface area contributed by atoms with Crippen molar-refractivity contribution in [2.45, 2.75) is 6.61 Å². The Bertz CT molecular complexity index is 616. The van der Waals surface area contributed by atoms with E-state index in [4.69, 9.17) is 0 Å². The summed E-state index contributed by atoms with van der Waals surface area (Å²) in [6.45, 7) is -0.107. The van der Waals surface area contributed by atoms with Crippen LogP contribution < -0.4 is 5.32 Å². The molecule has 0 radical (unpaired) electrons. The summed E-state index contributed by atoms with van der Waals surface area (Å²) >= 11 is 5.53. The van der Waals surface area contributed by atoms with E-state index in [1.54, 1.807) is 12.1 Å². The van der Waals surface area contributed by atoms with Crippen LogP contribution in [0.4, 0.5) is 5.69 Å². The van der Waals surface area contributed by atoms with E-state index in [1.165, 1.54) is 0 Å².